The molecular formula is C16H11N3O2. The Morgan fingerprint density at radius 3 is 2.76 bits per heavy atom. The number of rotatable bonds is 2. The van der Waals surface area contributed by atoms with Crippen molar-refractivity contribution >= 4 is 16.6 Å². The molecule has 0 aliphatic heterocycles. The predicted molar refractivity (Wildman–Crippen MR) is 79.1 cm³/mol. The van der Waals surface area contributed by atoms with Gasteiger partial charge in [-0.05, 0) is 24.3 Å². The van der Waals surface area contributed by atoms with Crippen LogP contribution in [0.15, 0.2) is 48.5 Å². The van der Waals surface area contributed by atoms with Gasteiger partial charge < -0.3 is 15.6 Å². The lowest BCUT2D eigenvalue weighted by Gasteiger charge is -2.10. The Morgan fingerprint density at radius 2 is 1.95 bits per heavy atom. The van der Waals surface area contributed by atoms with Crippen molar-refractivity contribution in [2.75, 3.05) is 5.73 Å². The molecule has 21 heavy (non-hydrogen) atoms. The van der Waals surface area contributed by atoms with Gasteiger partial charge in [-0.25, -0.2) is 4.98 Å². The van der Waals surface area contributed by atoms with Gasteiger partial charge in [0.1, 0.15) is 23.1 Å². The quantitative estimate of drug-likeness (QED) is 0.554. The minimum atomic E-state index is -0.0770. The Morgan fingerprint density at radius 1 is 1.14 bits per heavy atom. The van der Waals surface area contributed by atoms with E-state index in [4.69, 9.17) is 10.5 Å². The molecule has 0 amide bonds. The first-order chi connectivity index (χ1) is 10.2. The lowest BCUT2D eigenvalue weighted by Crippen LogP contribution is -1.96. The number of pyridine rings is 1. The molecule has 0 saturated heterocycles. The number of phenolic OH excluding ortho intramolecular Hbond substituents is 1. The number of nitrogen functional groups attached to an aromatic ring is 1. The monoisotopic (exact) mass is 277 g/mol. The van der Waals surface area contributed by atoms with Crippen LogP contribution in [0.2, 0.25) is 0 Å². The van der Waals surface area contributed by atoms with E-state index in [0.29, 0.717) is 11.1 Å². The van der Waals surface area contributed by atoms with E-state index in [1.165, 1.54) is 6.07 Å². The van der Waals surface area contributed by atoms with Crippen LogP contribution < -0.4 is 10.5 Å². The zero-order valence-corrected chi connectivity index (χ0v) is 10.9. The van der Waals surface area contributed by atoms with Crippen LogP contribution in [0.1, 0.15) is 5.56 Å². The Kier molecular flexibility index (Phi) is 3.05. The molecule has 1 aromatic heterocycles. The molecular weight excluding hydrogens is 266 g/mol. The number of ether oxygens (including phenoxy) is 1. The van der Waals surface area contributed by atoms with Gasteiger partial charge in [-0.3, -0.25) is 0 Å². The van der Waals surface area contributed by atoms with E-state index in [1.54, 1.807) is 18.2 Å². The molecule has 3 aromatic rings. The molecule has 0 aliphatic carbocycles. The van der Waals surface area contributed by atoms with E-state index in [-0.39, 0.29) is 23.1 Å². The molecule has 2 aromatic carbocycles. The molecule has 0 unspecified atom stereocenters. The smallest absolute Gasteiger partial charge is 0.237 e. The van der Waals surface area contributed by atoms with E-state index in [0.717, 1.165) is 5.39 Å². The number of benzene rings is 2. The number of nitrogens with two attached hydrogens (primary N) is 1. The maximum Gasteiger partial charge on any atom is 0.237 e. The summed E-state index contributed by atoms with van der Waals surface area (Å²) in [6.45, 7) is 0. The maximum atomic E-state index is 9.59. The van der Waals surface area contributed by atoms with Crippen molar-refractivity contribution in [2.45, 2.75) is 0 Å². The maximum absolute atomic E-state index is 9.59. The SMILES string of the molecule is N#Cc1cc2ccccc2nc1Oc1cccc(O)c1N. The predicted octanol–water partition coefficient (Wildman–Crippen LogP) is 3.19. The van der Waals surface area contributed by atoms with Gasteiger partial charge in [0.2, 0.25) is 5.88 Å². The van der Waals surface area contributed by atoms with Crippen LogP contribution in [0.4, 0.5) is 5.69 Å². The van der Waals surface area contributed by atoms with Crippen molar-refractivity contribution in [3.8, 4) is 23.4 Å². The van der Waals surface area contributed by atoms with Gasteiger partial charge in [0, 0.05) is 5.39 Å². The van der Waals surface area contributed by atoms with E-state index in [1.807, 2.05) is 24.3 Å². The molecule has 3 rings (SSSR count). The highest BCUT2D eigenvalue weighted by molar-refractivity contribution is 5.81. The normalized spacial score (nSPS) is 10.2. The van der Waals surface area contributed by atoms with Gasteiger partial charge in [0.25, 0.3) is 0 Å². The topological polar surface area (TPSA) is 92.2 Å². The minimum absolute atomic E-state index is 0.0770. The van der Waals surface area contributed by atoms with Crippen molar-refractivity contribution in [1.82, 2.24) is 4.98 Å². The van der Waals surface area contributed by atoms with Crippen LogP contribution in [0.25, 0.3) is 10.9 Å². The Labute approximate surface area is 120 Å². The third-order valence-corrected chi connectivity index (χ3v) is 3.06. The number of aromatic hydroxyl groups is 1. The first kappa shape index (κ1) is 12.8. The van der Waals surface area contributed by atoms with E-state index >= 15 is 0 Å². The van der Waals surface area contributed by atoms with Crippen molar-refractivity contribution in [3.05, 3.63) is 54.1 Å². The number of fused-ring (bicyclic) bond motifs is 1. The minimum Gasteiger partial charge on any atom is -0.506 e. The van der Waals surface area contributed by atoms with E-state index < -0.39 is 0 Å². The fourth-order valence-corrected chi connectivity index (χ4v) is 1.98. The Balaban J connectivity index is 2.11. The number of aromatic nitrogens is 1. The molecule has 5 heteroatoms. The zero-order chi connectivity index (χ0) is 14.8. The number of para-hydroxylation sites is 2. The van der Waals surface area contributed by atoms with Crippen molar-refractivity contribution in [2.24, 2.45) is 0 Å². The lowest BCUT2D eigenvalue weighted by atomic mass is 10.1. The first-order valence-corrected chi connectivity index (χ1v) is 6.24. The molecule has 0 radical (unpaired) electrons. The fraction of sp³-hybridized carbons (Fsp3) is 0. The second kappa shape index (κ2) is 5.02. The third-order valence-electron chi connectivity index (χ3n) is 3.06. The molecule has 0 fully saturated rings. The van der Waals surface area contributed by atoms with Gasteiger partial charge in [-0.15, -0.1) is 0 Å². The average Bonchev–Trinajstić information content (AvgIpc) is 2.51. The summed E-state index contributed by atoms with van der Waals surface area (Å²) in [6.07, 6.45) is 0. The Bertz CT molecular complexity index is 869. The molecule has 1 heterocycles. The van der Waals surface area contributed by atoms with Gasteiger partial charge >= 0.3 is 0 Å². The van der Waals surface area contributed by atoms with Crippen LogP contribution in [0, 0.1) is 11.3 Å². The molecule has 0 atom stereocenters. The van der Waals surface area contributed by atoms with Crippen molar-refractivity contribution in [3.63, 3.8) is 0 Å². The molecule has 102 valence electrons. The second-order valence-electron chi connectivity index (χ2n) is 4.44. The van der Waals surface area contributed by atoms with E-state index in [2.05, 4.69) is 11.1 Å². The number of hydrogen-bond acceptors (Lipinski definition) is 5. The van der Waals surface area contributed by atoms with Crippen molar-refractivity contribution in [1.29, 1.82) is 5.26 Å². The van der Waals surface area contributed by atoms with Gasteiger partial charge in [-0.1, -0.05) is 24.3 Å². The second-order valence-corrected chi connectivity index (χ2v) is 4.44. The van der Waals surface area contributed by atoms with Crippen LogP contribution >= 0.6 is 0 Å². The van der Waals surface area contributed by atoms with Crippen LogP contribution in [0.5, 0.6) is 17.4 Å². The largest absolute Gasteiger partial charge is 0.506 e. The summed E-state index contributed by atoms with van der Waals surface area (Å²) in [6, 6.07) is 15.9. The first-order valence-electron chi connectivity index (χ1n) is 6.24. The van der Waals surface area contributed by atoms with Crippen LogP contribution in [0.3, 0.4) is 0 Å². The summed E-state index contributed by atoms with van der Waals surface area (Å²) in [4.78, 5) is 4.33. The summed E-state index contributed by atoms with van der Waals surface area (Å²) in [7, 11) is 0. The number of phenols is 1. The third kappa shape index (κ3) is 2.30. The summed E-state index contributed by atoms with van der Waals surface area (Å²) in [5, 5.41) is 19.7. The van der Waals surface area contributed by atoms with Gasteiger partial charge in [-0.2, -0.15) is 5.26 Å². The average molecular weight is 277 g/mol. The number of nitriles is 1. The fourth-order valence-electron chi connectivity index (χ4n) is 1.98. The molecule has 0 spiro atoms. The highest BCUT2D eigenvalue weighted by Crippen LogP contribution is 2.34. The standard InChI is InChI=1S/C16H11N3O2/c17-9-11-8-10-4-1-2-5-12(10)19-16(11)21-14-7-3-6-13(20)15(14)18/h1-8,20H,18H2. The molecule has 0 aliphatic rings. The highest BCUT2D eigenvalue weighted by Gasteiger charge is 2.12. The van der Waals surface area contributed by atoms with Gasteiger partial charge in [0.05, 0.1) is 5.52 Å². The zero-order valence-electron chi connectivity index (χ0n) is 10.9. The lowest BCUT2D eigenvalue weighted by molar-refractivity contribution is 0.450. The molecule has 0 saturated carbocycles. The van der Waals surface area contributed by atoms with Gasteiger partial charge in [0.15, 0.2) is 5.75 Å². The summed E-state index contributed by atoms with van der Waals surface area (Å²) in [5.41, 5.74) is 6.87. The van der Waals surface area contributed by atoms with Crippen LogP contribution in [-0.2, 0) is 0 Å². The number of anilines is 1. The van der Waals surface area contributed by atoms with Crippen LogP contribution in [-0.4, -0.2) is 10.1 Å². The summed E-state index contributed by atoms with van der Waals surface area (Å²) >= 11 is 0. The number of nitrogens with zero attached hydrogens (tertiary/aromatic N) is 2. The van der Waals surface area contributed by atoms with E-state index in [9.17, 15) is 10.4 Å². The van der Waals surface area contributed by atoms with Crippen molar-refractivity contribution < 1.29 is 9.84 Å². The number of hydrogen-bond donors (Lipinski definition) is 2. The molecule has 0 bridgehead atoms. The summed E-state index contributed by atoms with van der Waals surface area (Å²) in [5.74, 6) is 0.342. The highest BCUT2D eigenvalue weighted by atomic mass is 16.5. The molecule has 5 nitrogen and oxygen atoms in total. The summed E-state index contributed by atoms with van der Waals surface area (Å²) < 4.78 is 5.60. The molecule has 3 N–H and O–H groups in total. The Hall–Kier alpha value is -3.26.